The monoisotopic (exact) mass is 316 g/mol. The van der Waals surface area contributed by atoms with Gasteiger partial charge in [-0.15, -0.1) is 0 Å². The quantitative estimate of drug-likeness (QED) is 0.430. The van der Waals surface area contributed by atoms with E-state index in [2.05, 4.69) is 4.73 Å². The van der Waals surface area contributed by atoms with Gasteiger partial charge < -0.3 is 8.43 Å². The van der Waals surface area contributed by atoms with Gasteiger partial charge in [0.15, 0.2) is 0 Å². The van der Waals surface area contributed by atoms with Crippen LogP contribution in [0.5, 0.6) is 0 Å². The fourth-order valence-corrected chi connectivity index (χ4v) is 10.6. The molecule has 0 aromatic carbocycles. The van der Waals surface area contributed by atoms with Crippen molar-refractivity contribution in [1.29, 1.82) is 0 Å². The van der Waals surface area contributed by atoms with Crippen LogP contribution in [0, 0.1) is 0 Å². The molecule has 0 fully saturated rings. The summed E-state index contributed by atoms with van der Waals surface area (Å²) in [6.45, 7) is 11.6. The van der Waals surface area contributed by atoms with Crippen molar-refractivity contribution in [2.24, 2.45) is 0 Å². The van der Waals surface area contributed by atoms with Gasteiger partial charge in [0.05, 0.1) is 0 Å². The standard InChI is InChI=1S/C10H26FO4PSi2/c1-7-9-17(3,4)14-16(12,13-11)15-18(5,6)10-8-2/h7-10H2,1-6H3. The fraction of sp³-hybridized carbons (Fsp3) is 1.00. The molecule has 0 rings (SSSR count). The predicted octanol–water partition coefficient (Wildman–Crippen LogP) is 5.26. The minimum Gasteiger partial charge on any atom is -0.329 e. The zero-order valence-corrected chi connectivity index (χ0v) is 15.2. The third-order valence-electron chi connectivity index (χ3n) is 2.51. The molecule has 0 amide bonds. The zero-order valence-electron chi connectivity index (χ0n) is 12.3. The van der Waals surface area contributed by atoms with Crippen molar-refractivity contribution in [2.45, 2.75) is 65.0 Å². The SMILES string of the molecule is CCC[Si](C)(C)OP(=O)(OF)O[Si](C)(C)CCC. The van der Waals surface area contributed by atoms with E-state index >= 15 is 0 Å². The second kappa shape index (κ2) is 7.31. The predicted molar refractivity (Wildman–Crippen MR) is 77.1 cm³/mol. The van der Waals surface area contributed by atoms with Gasteiger partial charge in [0.2, 0.25) is 16.6 Å². The molecule has 0 radical (unpaired) electrons. The van der Waals surface area contributed by atoms with Crippen molar-refractivity contribution in [3.8, 4) is 0 Å². The molecule has 0 aliphatic heterocycles. The van der Waals surface area contributed by atoms with Crippen LogP contribution in [0.4, 0.5) is 4.53 Å². The van der Waals surface area contributed by atoms with Gasteiger partial charge in [-0.3, -0.25) is 0 Å². The van der Waals surface area contributed by atoms with Crippen molar-refractivity contribution < 1.29 is 22.2 Å². The Hall–Kier alpha value is 0.474. The molecular weight excluding hydrogens is 290 g/mol. The molecule has 0 aromatic rings. The molecule has 0 N–H and O–H groups in total. The Bertz CT molecular complexity index is 276. The second-order valence-electron chi connectivity index (χ2n) is 5.72. The van der Waals surface area contributed by atoms with Crippen molar-refractivity contribution in [3.63, 3.8) is 0 Å². The lowest BCUT2D eigenvalue weighted by Gasteiger charge is -2.30. The Morgan fingerprint density at radius 3 is 1.50 bits per heavy atom. The molecule has 0 saturated heterocycles. The van der Waals surface area contributed by atoms with Crippen LogP contribution < -0.4 is 0 Å². The molecule has 8 heteroatoms. The smallest absolute Gasteiger partial charge is 0.329 e. The Kier molecular flexibility index (Phi) is 7.50. The molecule has 18 heavy (non-hydrogen) atoms. The van der Waals surface area contributed by atoms with Crippen LogP contribution in [-0.2, 0) is 17.7 Å². The maximum absolute atomic E-state index is 12.6. The molecular formula is C10H26FO4PSi2. The summed E-state index contributed by atoms with van der Waals surface area (Å²) in [4.78, 5) is 0. The summed E-state index contributed by atoms with van der Waals surface area (Å²) in [5.41, 5.74) is 0. The number of phosphoric acid groups is 1. The van der Waals surface area contributed by atoms with Crippen LogP contribution in [0.2, 0.25) is 38.3 Å². The highest BCUT2D eigenvalue weighted by Gasteiger charge is 2.42. The normalized spacial score (nSPS) is 13.9. The fourth-order valence-electron chi connectivity index (χ4n) is 1.95. The van der Waals surface area contributed by atoms with Crippen LogP contribution in [0.25, 0.3) is 0 Å². The maximum Gasteiger partial charge on any atom is 0.486 e. The van der Waals surface area contributed by atoms with Gasteiger partial charge in [-0.2, -0.15) is 0 Å². The lowest BCUT2D eigenvalue weighted by Crippen LogP contribution is -2.34. The van der Waals surface area contributed by atoms with E-state index in [4.69, 9.17) is 8.43 Å². The van der Waals surface area contributed by atoms with E-state index in [1.165, 1.54) is 0 Å². The summed E-state index contributed by atoms with van der Waals surface area (Å²) in [5.74, 6) is 0. The van der Waals surface area contributed by atoms with E-state index in [9.17, 15) is 9.09 Å². The summed E-state index contributed by atoms with van der Waals surface area (Å²) in [7, 11) is -8.47. The Labute approximate surface area is 112 Å². The van der Waals surface area contributed by atoms with Crippen molar-refractivity contribution in [3.05, 3.63) is 0 Å². The summed E-state index contributed by atoms with van der Waals surface area (Å²) >= 11 is 0. The van der Waals surface area contributed by atoms with Crippen LogP contribution in [0.15, 0.2) is 0 Å². The number of halogens is 1. The molecule has 0 heterocycles. The number of hydrogen-bond donors (Lipinski definition) is 0. The molecule has 0 aliphatic carbocycles. The average molecular weight is 316 g/mol. The number of hydrogen-bond acceptors (Lipinski definition) is 4. The lowest BCUT2D eigenvalue weighted by atomic mass is 10.6. The number of rotatable bonds is 9. The Morgan fingerprint density at radius 1 is 0.944 bits per heavy atom. The third kappa shape index (κ3) is 7.16. The highest BCUT2D eigenvalue weighted by atomic mass is 31.2. The molecule has 0 saturated carbocycles. The first-order valence-corrected chi connectivity index (χ1v) is 14.1. The van der Waals surface area contributed by atoms with E-state index in [0.29, 0.717) is 0 Å². The average Bonchev–Trinajstić information content (AvgIpc) is 2.14. The minimum atomic E-state index is -4.05. The van der Waals surface area contributed by atoms with E-state index in [1.54, 1.807) is 0 Å². The van der Waals surface area contributed by atoms with Crippen LogP contribution in [-0.4, -0.2) is 16.6 Å². The van der Waals surface area contributed by atoms with Gasteiger partial charge >= 0.3 is 7.82 Å². The van der Waals surface area contributed by atoms with Crippen LogP contribution in [0.3, 0.4) is 0 Å². The van der Waals surface area contributed by atoms with Crippen molar-refractivity contribution in [2.75, 3.05) is 0 Å². The third-order valence-corrected chi connectivity index (χ3v) is 11.8. The van der Waals surface area contributed by atoms with Gasteiger partial charge in [-0.25, -0.2) is 4.57 Å². The highest BCUT2D eigenvalue weighted by Crippen LogP contribution is 2.55. The second-order valence-corrected chi connectivity index (χ2v) is 16.2. The molecule has 0 aromatic heterocycles. The van der Waals surface area contributed by atoms with Gasteiger partial charge in [0, 0.05) is 0 Å². The molecule has 0 spiro atoms. The summed E-state index contributed by atoms with van der Waals surface area (Å²) in [5, 5.41) is 0. The summed E-state index contributed by atoms with van der Waals surface area (Å²) < 4.78 is 39.2. The Balaban J connectivity index is 4.76. The first-order valence-electron chi connectivity index (χ1n) is 6.41. The largest absolute Gasteiger partial charge is 0.486 e. The molecule has 0 unspecified atom stereocenters. The van der Waals surface area contributed by atoms with Crippen molar-refractivity contribution >= 4 is 24.5 Å². The molecule has 4 nitrogen and oxygen atoms in total. The van der Waals surface area contributed by atoms with Crippen LogP contribution in [0.1, 0.15) is 26.7 Å². The molecule has 0 atom stereocenters. The topological polar surface area (TPSA) is 44.8 Å². The first kappa shape index (κ1) is 18.5. The zero-order chi connectivity index (χ0) is 14.4. The molecule has 0 bridgehead atoms. The first-order chi connectivity index (χ1) is 8.10. The van der Waals surface area contributed by atoms with E-state index < -0.39 is 24.5 Å². The van der Waals surface area contributed by atoms with Gasteiger partial charge in [0.1, 0.15) is 0 Å². The Morgan fingerprint density at radius 2 is 1.28 bits per heavy atom. The van der Waals surface area contributed by atoms with Gasteiger partial charge in [-0.1, -0.05) is 31.4 Å². The summed E-state index contributed by atoms with van der Waals surface area (Å²) in [6, 6.07) is 1.58. The lowest BCUT2D eigenvalue weighted by molar-refractivity contribution is -0.0354. The molecule has 110 valence electrons. The van der Waals surface area contributed by atoms with E-state index in [1.807, 2.05) is 40.0 Å². The van der Waals surface area contributed by atoms with E-state index in [-0.39, 0.29) is 0 Å². The van der Waals surface area contributed by atoms with Crippen molar-refractivity contribution in [1.82, 2.24) is 0 Å². The van der Waals surface area contributed by atoms with Gasteiger partial charge in [0.25, 0.3) is 0 Å². The van der Waals surface area contributed by atoms with Gasteiger partial charge in [-0.05, 0) is 42.8 Å². The van der Waals surface area contributed by atoms with E-state index in [0.717, 1.165) is 24.9 Å². The highest BCUT2D eigenvalue weighted by molar-refractivity contribution is 7.52. The van der Waals surface area contributed by atoms with Crippen LogP contribution >= 0.6 is 7.82 Å². The summed E-state index contributed by atoms with van der Waals surface area (Å²) in [6.07, 6.45) is 1.81. The molecule has 0 aliphatic rings. The minimum absolute atomic E-state index is 0.791. The maximum atomic E-state index is 12.6.